The van der Waals surface area contributed by atoms with Crippen molar-refractivity contribution < 1.29 is 4.79 Å². The van der Waals surface area contributed by atoms with Gasteiger partial charge in [-0.25, -0.2) is 4.98 Å². The maximum atomic E-state index is 12.3. The number of aromatic amines is 1. The van der Waals surface area contributed by atoms with Gasteiger partial charge in [-0.1, -0.05) is 23.7 Å². The highest BCUT2D eigenvalue weighted by Crippen LogP contribution is 2.33. The van der Waals surface area contributed by atoms with Crippen LogP contribution in [0.4, 0.5) is 5.69 Å². The average Bonchev–Trinajstić information content (AvgIpc) is 3.28. The minimum Gasteiger partial charge on any atom is -0.320 e. The number of nitrogens with one attached hydrogen (secondary N) is 2. The van der Waals surface area contributed by atoms with Gasteiger partial charge in [-0.05, 0) is 59.7 Å². The molecule has 4 aromatic rings. The van der Waals surface area contributed by atoms with Gasteiger partial charge in [0.25, 0.3) is 5.91 Å². The van der Waals surface area contributed by atoms with E-state index in [1.54, 1.807) is 30.6 Å². The van der Waals surface area contributed by atoms with Crippen LogP contribution in [0.15, 0.2) is 54.9 Å². The van der Waals surface area contributed by atoms with Crippen LogP contribution in [0.3, 0.4) is 0 Å². The first-order valence-electron chi connectivity index (χ1n) is 8.93. The van der Waals surface area contributed by atoms with Crippen LogP contribution in [0.5, 0.6) is 0 Å². The zero-order valence-electron chi connectivity index (χ0n) is 15.1. The summed E-state index contributed by atoms with van der Waals surface area (Å²) >= 11 is 5.99. The quantitative estimate of drug-likeness (QED) is 0.387. The molecule has 6 nitrogen and oxygen atoms in total. The van der Waals surface area contributed by atoms with E-state index in [0.717, 1.165) is 27.7 Å². The first kappa shape index (κ1) is 17.3. The number of carbonyl (C=O) groups excluding carboxylic acids is 1. The smallest absolute Gasteiger partial charge is 0.258 e. The Labute approximate surface area is 171 Å². The number of rotatable bonds is 3. The molecule has 0 saturated heterocycles. The molecule has 1 aliphatic heterocycles. The van der Waals surface area contributed by atoms with Gasteiger partial charge in [-0.2, -0.15) is 5.10 Å². The highest BCUT2D eigenvalue weighted by atomic mass is 35.5. The number of hydrogen-bond donors (Lipinski definition) is 2. The summed E-state index contributed by atoms with van der Waals surface area (Å²) in [6.07, 6.45) is 9.25. The van der Waals surface area contributed by atoms with E-state index in [1.807, 2.05) is 42.5 Å². The summed E-state index contributed by atoms with van der Waals surface area (Å²) in [4.78, 5) is 20.6. The molecule has 0 radical (unpaired) electrons. The number of fused-ring (bicyclic) bond motifs is 2. The molecular formula is C22H14ClN5O. The van der Waals surface area contributed by atoms with Crippen LogP contribution in [0.1, 0.15) is 22.5 Å². The molecule has 4 heterocycles. The van der Waals surface area contributed by atoms with Crippen molar-refractivity contribution in [3.05, 3.63) is 82.5 Å². The maximum Gasteiger partial charge on any atom is 0.258 e. The molecule has 1 aromatic carbocycles. The van der Waals surface area contributed by atoms with E-state index in [0.29, 0.717) is 22.1 Å². The lowest BCUT2D eigenvalue weighted by molar-refractivity contribution is -0.110. The van der Waals surface area contributed by atoms with Gasteiger partial charge in [0.15, 0.2) is 0 Å². The summed E-state index contributed by atoms with van der Waals surface area (Å²) in [6.45, 7) is 0. The van der Waals surface area contributed by atoms with Gasteiger partial charge in [0, 0.05) is 17.8 Å². The average molecular weight is 400 g/mol. The van der Waals surface area contributed by atoms with Crippen LogP contribution >= 0.6 is 11.6 Å². The third-order valence-electron chi connectivity index (χ3n) is 4.68. The Morgan fingerprint density at radius 2 is 1.83 bits per heavy atom. The van der Waals surface area contributed by atoms with Crippen LogP contribution in [-0.4, -0.2) is 26.1 Å². The number of hydrogen-bond acceptors (Lipinski definition) is 4. The molecule has 2 N–H and O–H groups in total. The summed E-state index contributed by atoms with van der Waals surface area (Å²) in [5.41, 5.74) is 5.35. The Morgan fingerprint density at radius 3 is 2.69 bits per heavy atom. The maximum absolute atomic E-state index is 12.3. The Balaban J connectivity index is 1.49. The van der Waals surface area contributed by atoms with Crippen LogP contribution < -0.4 is 5.32 Å². The molecule has 0 saturated carbocycles. The van der Waals surface area contributed by atoms with Gasteiger partial charge in [-0.3, -0.25) is 14.9 Å². The number of benzene rings is 1. The molecule has 3 aromatic heterocycles. The highest BCUT2D eigenvalue weighted by Gasteiger charge is 2.25. The fourth-order valence-electron chi connectivity index (χ4n) is 3.26. The van der Waals surface area contributed by atoms with E-state index in [4.69, 9.17) is 11.6 Å². The Bertz CT molecular complexity index is 1310. The summed E-state index contributed by atoms with van der Waals surface area (Å²) < 4.78 is 0. The van der Waals surface area contributed by atoms with Crippen molar-refractivity contribution in [1.29, 1.82) is 0 Å². The van der Waals surface area contributed by atoms with Gasteiger partial charge in [0.05, 0.1) is 22.5 Å². The monoisotopic (exact) mass is 399 g/mol. The van der Waals surface area contributed by atoms with Crippen molar-refractivity contribution in [3.8, 4) is 0 Å². The second-order valence-electron chi connectivity index (χ2n) is 6.57. The Kier molecular flexibility index (Phi) is 4.18. The summed E-state index contributed by atoms with van der Waals surface area (Å²) in [6, 6.07) is 13.2. The standard InChI is InChI=1S/C22H14ClN5O/c23-20-6-5-18-21(26-20)16(22(29)25-18)11-14-1-3-15-17(27-28-19(15)12-14)4-2-13-7-9-24-10-8-13/h1-12H,(H,25,29)(H,27,28). The van der Waals surface area contributed by atoms with Crippen molar-refractivity contribution in [3.63, 3.8) is 0 Å². The van der Waals surface area contributed by atoms with Crippen molar-refractivity contribution in [2.75, 3.05) is 5.32 Å². The number of nitrogens with zero attached hydrogens (tertiary/aromatic N) is 3. The number of anilines is 1. The number of pyridine rings is 2. The summed E-state index contributed by atoms with van der Waals surface area (Å²) in [5.74, 6) is -0.194. The Hall–Kier alpha value is -3.77. The molecule has 5 rings (SSSR count). The lowest BCUT2D eigenvalue weighted by atomic mass is 10.1. The number of H-pyrrole nitrogens is 1. The lowest BCUT2D eigenvalue weighted by Crippen LogP contribution is -2.03. The molecule has 7 heteroatoms. The first-order valence-corrected chi connectivity index (χ1v) is 9.31. The normalized spacial score (nSPS) is 14.7. The minimum absolute atomic E-state index is 0.194. The van der Waals surface area contributed by atoms with Gasteiger partial charge < -0.3 is 5.32 Å². The van der Waals surface area contributed by atoms with Crippen molar-refractivity contribution in [2.24, 2.45) is 0 Å². The lowest BCUT2D eigenvalue weighted by Gasteiger charge is -1.99. The number of halogens is 1. The molecule has 1 amide bonds. The molecular weight excluding hydrogens is 386 g/mol. The summed E-state index contributed by atoms with van der Waals surface area (Å²) in [7, 11) is 0. The van der Waals surface area contributed by atoms with Crippen molar-refractivity contribution >= 4 is 57.9 Å². The SMILES string of the molecule is O=C1Nc2ccc(Cl)nc2C1=Cc1ccc2c(C=Cc3ccncc3)n[nH]c2c1. The first-order chi connectivity index (χ1) is 14.2. The molecule has 140 valence electrons. The van der Waals surface area contributed by atoms with E-state index >= 15 is 0 Å². The molecule has 1 aliphatic rings. The minimum atomic E-state index is -0.194. The zero-order chi connectivity index (χ0) is 19.8. The second kappa shape index (κ2) is 7.00. The van der Waals surface area contributed by atoms with Crippen LogP contribution in [-0.2, 0) is 4.79 Å². The fraction of sp³-hybridized carbons (Fsp3) is 0. The van der Waals surface area contributed by atoms with Crippen molar-refractivity contribution in [2.45, 2.75) is 0 Å². The Morgan fingerprint density at radius 1 is 0.966 bits per heavy atom. The molecule has 0 unspecified atom stereocenters. The van der Waals surface area contributed by atoms with Crippen molar-refractivity contribution in [1.82, 2.24) is 20.2 Å². The number of amides is 1. The van der Waals surface area contributed by atoms with Crippen LogP contribution in [0.25, 0.3) is 34.7 Å². The fourth-order valence-corrected chi connectivity index (χ4v) is 3.41. The van der Waals surface area contributed by atoms with Gasteiger partial charge in [-0.15, -0.1) is 0 Å². The molecule has 0 atom stereocenters. The van der Waals surface area contributed by atoms with E-state index < -0.39 is 0 Å². The summed E-state index contributed by atoms with van der Waals surface area (Å²) in [5, 5.41) is 11.6. The van der Waals surface area contributed by atoms with E-state index in [1.165, 1.54) is 0 Å². The predicted molar refractivity (Wildman–Crippen MR) is 115 cm³/mol. The van der Waals surface area contributed by atoms with Crippen LogP contribution in [0, 0.1) is 0 Å². The zero-order valence-corrected chi connectivity index (χ0v) is 15.8. The predicted octanol–water partition coefficient (Wildman–Crippen LogP) is 4.67. The highest BCUT2D eigenvalue weighted by molar-refractivity contribution is 6.35. The number of carbonyl (C=O) groups is 1. The van der Waals surface area contributed by atoms with E-state index in [2.05, 4.69) is 25.5 Å². The topological polar surface area (TPSA) is 83.6 Å². The molecule has 0 bridgehead atoms. The molecule has 0 spiro atoms. The van der Waals surface area contributed by atoms with Gasteiger partial charge in [0.2, 0.25) is 0 Å². The molecule has 0 aliphatic carbocycles. The van der Waals surface area contributed by atoms with E-state index in [9.17, 15) is 4.79 Å². The van der Waals surface area contributed by atoms with Gasteiger partial charge >= 0.3 is 0 Å². The second-order valence-corrected chi connectivity index (χ2v) is 6.96. The third-order valence-corrected chi connectivity index (χ3v) is 4.89. The molecule has 0 fully saturated rings. The molecule has 29 heavy (non-hydrogen) atoms. The largest absolute Gasteiger partial charge is 0.320 e. The number of aromatic nitrogens is 4. The third kappa shape index (κ3) is 3.30. The van der Waals surface area contributed by atoms with Gasteiger partial charge in [0.1, 0.15) is 10.8 Å². The van der Waals surface area contributed by atoms with E-state index in [-0.39, 0.29) is 5.91 Å². The van der Waals surface area contributed by atoms with Crippen LogP contribution in [0.2, 0.25) is 5.15 Å².